The summed E-state index contributed by atoms with van der Waals surface area (Å²) >= 11 is 0. The molecule has 1 atom stereocenters. The minimum absolute atomic E-state index is 0.0627. The second-order valence-electron chi connectivity index (χ2n) is 6.77. The molecule has 0 bridgehead atoms. The van der Waals surface area contributed by atoms with E-state index in [0.29, 0.717) is 18.0 Å². The highest BCUT2D eigenvalue weighted by molar-refractivity contribution is 5.86. The van der Waals surface area contributed by atoms with Gasteiger partial charge >= 0.3 is 0 Å². The third-order valence-electron chi connectivity index (χ3n) is 4.37. The number of aromatic amines is 1. The predicted molar refractivity (Wildman–Crippen MR) is 99.0 cm³/mol. The van der Waals surface area contributed by atoms with E-state index in [1.165, 1.54) is 6.07 Å². The third-order valence-corrected chi connectivity index (χ3v) is 4.37. The van der Waals surface area contributed by atoms with Crippen molar-refractivity contribution in [3.63, 3.8) is 0 Å². The van der Waals surface area contributed by atoms with Gasteiger partial charge in [-0.3, -0.25) is 4.79 Å². The van der Waals surface area contributed by atoms with Gasteiger partial charge in [-0.25, -0.2) is 4.39 Å². The molecule has 1 aromatic heterocycles. The SMILES string of the molecule is CC(C)CNC(=O)C[C@H](c1ccccc1F)c1c[nH]c2ccccc12. The van der Waals surface area contributed by atoms with E-state index in [1.807, 2.05) is 50.4 Å². The Labute approximate surface area is 147 Å². The summed E-state index contributed by atoms with van der Waals surface area (Å²) in [6.07, 6.45) is 2.10. The van der Waals surface area contributed by atoms with Crippen LogP contribution in [0.4, 0.5) is 4.39 Å². The fourth-order valence-corrected chi connectivity index (χ4v) is 3.10. The van der Waals surface area contributed by atoms with Crippen molar-refractivity contribution in [2.45, 2.75) is 26.2 Å². The zero-order valence-electron chi connectivity index (χ0n) is 14.6. The number of halogens is 1. The summed E-state index contributed by atoms with van der Waals surface area (Å²) in [5.41, 5.74) is 2.48. The van der Waals surface area contributed by atoms with Crippen molar-refractivity contribution in [2.75, 3.05) is 6.54 Å². The molecular weight excluding hydrogens is 315 g/mol. The number of benzene rings is 2. The first-order valence-corrected chi connectivity index (χ1v) is 8.63. The molecule has 0 fully saturated rings. The van der Waals surface area contributed by atoms with Gasteiger partial charge in [-0.05, 0) is 29.2 Å². The number of H-pyrrole nitrogens is 1. The van der Waals surface area contributed by atoms with Crippen LogP contribution in [0.15, 0.2) is 54.7 Å². The van der Waals surface area contributed by atoms with Crippen molar-refractivity contribution in [2.24, 2.45) is 5.92 Å². The molecule has 130 valence electrons. The number of hydrogen-bond donors (Lipinski definition) is 2. The normalized spacial score (nSPS) is 12.5. The molecule has 2 aromatic carbocycles. The van der Waals surface area contributed by atoms with Crippen LogP contribution in [0, 0.1) is 11.7 Å². The van der Waals surface area contributed by atoms with E-state index in [-0.39, 0.29) is 24.1 Å². The first kappa shape index (κ1) is 17.2. The van der Waals surface area contributed by atoms with Crippen LogP contribution in [0.3, 0.4) is 0 Å². The maximum absolute atomic E-state index is 14.5. The summed E-state index contributed by atoms with van der Waals surface area (Å²) < 4.78 is 14.5. The number of aromatic nitrogens is 1. The molecule has 0 radical (unpaired) electrons. The third kappa shape index (κ3) is 3.90. The molecule has 3 rings (SSSR count). The lowest BCUT2D eigenvalue weighted by atomic mass is 9.87. The van der Waals surface area contributed by atoms with Gasteiger partial charge in [0.25, 0.3) is 0 Å². The minimum atomic E-state index is -0.329. The summed E-state index contributed by atoms with van der Waals surface area (Å²) in [4.78, 5) is 15.7. The summed E-state index contributed by atoms with van der Waals surface area (Å²) in [5, 5.41) is 3.96. The lowest BCUT2D eigenvalue weighted by molar-refractivity contribution is -0.121. The number of carbonyl (C=O) groups excluding carboxylic acids is 1. The second-order valence-corrected chi connectivity index (χ2v) is 6.77. The summed E-state index contributed by atoms with van der Waals surface area (Å²) in [6.45, 7) is 4.72. The molecule has 0 unspecified atom stereocenters. The van der Waals surface area contributed by atoms with E-state index < -0.39 is 0 Å². The van der Waals surface area contributed by atoms with Crippen molar-refractivity contribution in [3.05, 3.63) is 71.7 Å². The van der Waals surface area contributed by atoms with E-state index in [1.54, 1.807) is 12.1 Å². The fraction of sp³-hybridized carbons (Fsp3) is 0.286. The maximum Gasteiger partial charge on any atom is 0.220 e. The van der Waals surface area contributed by atoms with Crippen LogP contribution in [0.5, 0.6) is 0 Å². The first-order valence-electron chi connectivity index (χ1n) is 8.63. The molecule has 2 N–H and O–H groups in total. The molecule has 1 heterocycles. The van der Waals surface area contributed by atoms with Crippen LogP contribution in [-0.2, 0) is 4.79 Å². The molecule has 0 saturated heterocycles. The highest BCUT2D eigenvalue weighted by Crippen LogP contribution is 2.34. The number of nitrogens with one attached hydrogen (secondary N) is 2. The van der Waals surface area contributed by atoms with Crippen LogP contribution in [-0.4, -0.2) is 17.4 Å². The van der Waals surface area contributed by atoms with Crippen LogP contribution in [0.25, 0.3) is 10.9 Å². The number of para-hydroxylation sites is 1. The predicted octanol–water partition coefficient (Wildman–Crippen LogP) is 4.60. The zero-order chi connectivity index (χ0) is 17.8. The van der Waals surface area contributed by atoms with Crippen LogP contribution >= 0.6 is 0 Å². The Kier molecular flexibility index (Phi) is 5.17. The van der Waals surface area contributed by atoms with Gasteiger partial charge < -0.3 is 10.3 Å². The Hall–Kier alpha value is -2.62. The Morgan fingerprint density at radius 2 is 1.80 bits per heavy atom. The topological polar surface area (TPSA) is 44.9 Å². The molecule has 1 amide bonds. The highest BCUT2D eigenvalue weighted by atomic mass is 19.1. The summed E-state index contributed by atoms with van der Waals surface area (Å²) in [5.74, 6) is -0.296. The largest absolute Gasteiger partial charge is 0.361 e. The van der Waals surface area contributed by atoms with E-state index in [2.05, 4.69) is 10.3 Å². The summed E-state index contributed by atoms with van der Waals surface area (Å²) in [6, 6.07) is 14.6. The van der Waals surface area contributed by atoms with Gasteiger partial charge in [0.15, 0.2) is 0 Å². The van der Waals surface area contributed by atoms with Crippen molar-refractivity contribution < 1.29 is 9.18 Å². The number of amides is 1. The maximum atomic E-state index is 14.5. The quantitative estimate of drug-likeness (QED) is 0.678. The molecule has 3 nitrogen and oxygen atoms in total. The molecule has 0 aliphatic rings. The lowest BCUT2D eigenvalue weighted by Gasteiger charge is -2.18. The number of hydrogen-bond acceptors (Lipinski definition) is 1. The monoisotopic (exact) mass is 338 g/mol. The second kappa shape index (κ2) is 7.51. The van der Waals surface area contributed by atoms with E-state index in [4.69, 9.17) is 0 Å². The van der Waals surface area contributed by atoms with Crippen molar-refractivity contribution >= 4 is 16.8 Å². The molecule has 25 heavy (non-hydrogen) atoms. The van der Waals surface area contributed by atoms with Crippen LogP contribution in [0.2, 0.25) is 0 Å². The van der Waals surface area contributed by atoms with E-state index >= 15 is 0 Å². The number of rotatable bonds is 6. The fourth-order valence-electron chi connectivity index (χ4n) is 3.10. The Bertz CT molecular complexity index is 869. The number of carbonyl (C=O) groups is 1. The first-order chi connectivity index (χ1) is 12.1. The Balaban J connectivity index is 1.98. The molecule has 4 heteroatoms. The highest BCUT2D eigenvalue weighted by Gasteiger charge is 2.23. The van der Waals surface area contributed by atoms with E-state index in [0.717, 1.165) is 16.5 Å². The van der Waals surface area contributed by atoms with Gasteiger partial charge in [0.2, 0.25) is 5.91 Å². The van der Waals surface area contributed by atoms with Gasteiger partial charge in [0, 0.05) is 36.0 Å². The van der Waals surface area contributed by atoms with E-state index in [9.17, 15) is 9.18 Å². The number of fused-ring (bicyclic) bond motifs is 1. The molecule has 0 aliphatic heterocycles. The Morgan fingerprint density at radius 3 is 2.56 bits per heavy atom. The molecule has 0 aliphatic carbocycles. The Morgan fingerprint density at radius 1 is 1.08 bits per heavy atom. The van der Waals surface area contributed by atoms with Gasteiger partial charge in [0.05, 0.1) is 0 Å². The van der Waals surface area contributed by atoms with Gasteiger partial charge in [-0.2, -0.15) is 0 Å². The average molecular weight is 338 g/mol. The zero-order valence-corrected chi connectivity index (χ0v) is 14.6. The lowest BCUT2D eigenvalue weighted by Crippen LogP contribution is -2.29. The van der Waals surface area contributed by atoms with Crippen LogP contribution < -0.4 is 5.32 Å². The molecule has 3 aromatic rings. The van der Waals surface area contributed by atoms with Crippen molar-refractivity contribution in [1.29, 1.82) is 0 Å². The standard InChI is InChI=1S/C21H23FN2O/c1-14(2)12-24-21(25)11-17(15-7-3-5-9-19(15)22)18-13-23-20-10-6-4-8-16(18)20/h3-10,13-14,17,23H,11-12H2,1-2H3,(H,24,25)/t17-/m1/s1. The average Bonchev–Trinajstić information content (AvgIpc) is 3.02. The summed E-state index contributed by atoms with van der Waals surface area (Å²) in [7, 11) is 0. The molecule has 0 saturated carbocycles. The smallest absolute Gasteiger partial charge is 0.220 e. The molecular formula is C21H23FN2O. The van der Waals surface area contributed by atoms with Gasteiger partial charge in [0.1, 0.15) is 5.82 Å². The molecule has 0 spiro atoms. The minimum Gasteiger partial charge on any atom is -0.361 e. The van der Waals surface area contributed by atoms with Crippen LogP contribution in [0.1, 0.15) is 37.3 Å². The van der Waals surface area contributed by atoms with Crippen molar-refractivity contribution in [1.82, 2.24) is 10.3 Å². The van der Waals surface area contributed by atoms with Gasteiger partial charge in [-0.15, -0.1) is 0 Å². The van der Waals surface area contributed by atoms with Crippen molar-refractivity contribution in [3.8, 4) is 0 Å². The van der Waals surface area contributed by atoms with Gasteiger partial charge in [-0.1, -0.05) is 50.2 Å².